The smallest absolute Gasteiger partial charge is 0.121 e. The van der Waals surface area contributed by atoms with Crippen molar-refractivity contribution in [3.8, 4) is 0 Å². The predicted molar refractivity (Wildman–Crippen MR) is 50.0 cm³/mol. The zero-order chi connectivity index (χ0) is 11.4. The van der Waals surface area contributed by atoms with Gasteiger partial charge >= 0.3 is 0 Å². The Labute approximate surface area is 82.5 Å². The Morgan fingerprint density at radius 1 is 1.50 bits per heavy atom. The highest BCUT2D eigenvalue weighted by molar-refractivity contribution is 8.28. The van der Waals surface area contributed by atoms with E-state index < -0.39 is 14.3 Å². The third-order valence-electron chi connectivity index (χ3n) is 1.47. The first kappa shape index (κ1) is 14.0. The number of hydrogen-bond acceptors (Lipinski definition) is 5. The van der Waals surface area contributed by atoms with Crippen LogP contribution in [0.3, 0.4) is 0 Å². The fraction of sp³-hybridized carbons (Fsp3) is 0.667. The molecule has 14 heavy (non-hydrogen) atoms. The minimum Gasteiger partial charge on any atom is -0.794 e. The molecule has 0 rings (SSSR count). The van der Waals surface area contributed by atoms with Gasteiger partial charge in [-0.1, -0.05) is 11.6 Å². The van der Waals surface area contributed by atoms with Crippen LogP contribution in [0.5, 0.6) is 0 Å². The summed E-state index contributed by atoms with van der Waals surface area (Å²) >= 11 is 0. The molecule has 0 aromatic carbocycles. The highest BCUT2D eigenvalue weighted by Gasteiger charge is 2.16. The molecule has 8 heteroatoms. The Balaban J connectivity index is 4.29. The van der Waals surface area contributed by atoms with Crippen molar-refractivity contribution in [2.45, 2.75) is 6.92 Å². The summed E-state index contributed by atoms with van der Waals surface area (Å²) in [6, 6.07) is 0. The zero-order valence-corrected chi connectivity index (χ0v) is 9.76. The second-order valence-electron chi connectivity index (χ2n) is 2.89. The number of nitrogens with one attached hydrogen (secondary N) is 1. The summed E-state index contributed by atoms with van der Waals surface area (Å²) in [6.45, 7) is 1.93. The average Bonchev–Trinajstić information content (AvgIpc) is 2.01. The maximum absolute atomic E-state index is 11.0. The number of rotatable bonds is 5. The lowest BCUT2D eigenvalue weighted by Gasteiger charge is -2.34. The quantitative estimate of drug-likeness (QED) is 0.483. The summed E-state index contributed by atoms with van der Waals surface area (Å²) in [6.07, 6.45) is 1.40. The van der Waals surface area contributed by atoms with E-state index in [2.05, 4.69) is 0 Å². The molecule has 0 saturated heterocycles. The SMILES string of the molecule is C/C(=C\CNP(=O)([O-])P(C)(=O)[O-])CO. The van der Waals surface area contributed by atoms with E-state index in [4.69, 9.17) is 5.11 Å². The van der Waals surface area contributed by atoms with Gasteiger partial charge in [0.25, 0.3) is 0 Å². The second kappa shape index (κ2) is 5.21. The molecular weight excluding hydrogens is 228 g/mol. The van der Waals surface area contributed by atoms with Gasteiger partial charge in [0.05, 0.1) is 13.7 Å². The lowest BCUT2D eigenvalue weighted by atomic mass is 10.3. The molecule has 6 nitrogen and oxygen atoms in total. The Morgan fingerprint density at radius 2 is 2.00 bits per heavy atom. The molecule has 0 aromatic rings. The summed E-state index contributed by atoms with van der Waals surface area (Å²) in [5, 5.41) is 10.5. The van der Waals surface area contributed by atoms with Crippen molar-refractivity contribution in [3.63, 3.8) is 0 Å². The van der Waals surface area contributed by atoms with Gasteiger partial charge in [-0.15, -0.1) is 0 Å². The van der Waals surface area contributed by atoms with Crippen molar-refractivity contribution >= 4 is 14.3 Å². The normalized spacial score (nSPS) is 21.4. The second-order valence-corrected chi connectivity index (χ2v) is 9.62. The van der Waals surface area contributed by atoms with Crippen LogP contribution in [0.15, 0.2) is 11.6 Å². The molecule has 2 N–H and O–H groups in total. The topological polar surface area (TPSA) is 113 Å². The maximum atomic E-state index is 11.0. The minimum absolute atomic E-state index is 0.132. The molecule has 84 valence electrons. The third kappa shape index (κ3) is 4.51. The maximum Gasteiger partial charge on any atom is 0.121 e. The van der Waals surface area contributed by atoms with Gasteiger partial charge in [0.1, 0.15) is 7.21 Å². The van der Waals surface area contributed by atoms with E-state index in [1.165, 1.54) is 6.08 Å². The Kier molecular flexibility index (Phi) is 5.23. The van der Waals surface area contributed by atoms with Crippen LogP contribution >= 0.6 is 14.3 Å². The first-order valence-electron chi connectivity index (χ1n) is 3.82. The van der Waals surface area contributed by atoms with Crippen LogP contribution in [0.1, 0.15) is 6.92 Å². The molecule has 0 amide bonds. The number of aliphatic hydroxyl groups excluding tert-OH is 1. The molecule has 2 unspecified atom stereocenters. The first-order valence-corrected chi connectivity index (χ1v) is 8.22. The van der Waals surface area contributed by atoms with Crippen molar-refractivity contribution in [1.82, 2.24) is 5.09 Å². The molecular formula is C6H13NO5P2-2. The number of hydrogen-bond donors (Lipinski definition) is 2. The zero-order valence-electron chi connectivity index (χ0n) is 7.97. The van der Waals surface area contributed by atoms with Gasteiger partial charge in [-0.25, -0.2) is 0 Å². The van der Waals surface area contributed by atoms with Gasteiger partial charge in [-0.05, 0) is 13.6 Å². The average molecular weight is 241 g/mol. The van der Waals surface area contributed by atoms with Crippen LogP contribution in [-0.4, -0.2) is 24.9 Å². The molecule has 0 radical (unpaired) electrons. The highest BCUT2D eigenvalue weighted by Crippen LogP contribution is 2.65. The van der Waals surface area contributed by atoms with E-state index in [9.17, 15) is 18.9 Å². The van der Waals surface area contributed by atoms with Crippen molar-refractivity contribution in [2.24, 2.45) is 0 Å². The van der Waals surface area contributed by atoms with Crippen molar-refractivity contribution in [3.05, 3.63) is 11.6 Å². The van der Waals surface area contributed by atoms with Crippen LogP contribution in [0.25, 0.3) is 0 Å². The van der Waals surface area contributed by atoms with E-state index in [0.29, 0.717) is 12.2 Å². The largest absolute Gasteiger partial charge is 0.794 e. The van der Waals surface area contributed by atoms with Crippen LogP contribution in [0.4, 0.5) is 0 Å². The molecule has 0 bridgehead atoms. The molecule has 0 aromatic heterocycles. The molecule has 0 aliphatic carbocycles. The summed E-state index contributed by atoms with van der Waals surface area (Å²) in [4.78, 5) is 21.7. The molecule has 0 heterocycles. The summed E-state index contributed by atoms with van der Waals surface area (Å²) in [5.41, 5.74) is 0.564. The Morgan fingerprint density at radius 3 is 2.36 bits per heavy atom. The van der Waals surface area contributed by atoms with Crippen molar-refractivity contribution < 1.29 is 24.0 Å². The van der Waals surface area contributed by atoms with Gasteiger partial charge in [0.2, 0.25) is 0 Å². The van der Waals surface area contributed by atoms with Crippen LogP contribution in [-0.2, 0) is 9.13 Å². The molecule has 2 atom stereocenters. The standard InChI is InChI=1S/C6H15NO5P2/c1-6(5-8)3-4-7-14(11,12)13(2,9)10/h3,8H,4-5H2,1-2H3,(H,9,10)(H2,7,11,12)/p-2/b6-3+. The molecule has 0 aliphatic rings. The summed E-state index contributed by atoms with van der Waals surface area (Å²) < 4.78 is 21.7. The van der Waals surface area contributed by atoms with E-state index in [0.717, 1.165) is 0 Å². The van der Waals surface area contributed by atoms with Gasteiger partial charge in [-0.3, -0.25) is 5.09 Å². The number of aliphatic hydroxyl groups is 1. The molecule has 0 aliphatic heterocycles. The van der Waals surface area contributed by atoms with E-state index in [1.807, 2.05) is 5.09 Å². The van der Waals surface area contributed by atoms with E-state index >= 15 is 0 Å². The van der Waals surface area contributed by atoms with Gasteiger partial charge in [0, 0.05) is 6.54 Å². The van der Waals surface area contributed by atoms with Crippen LogP contribution in [0, 0.1) is 0 Å². The van der Waals surface area contributed by atoms with Gasteiger partial charge in [-0.2, -0.15) is 0 Å². The molecule has 0 fully saturated rings. The fourth-order valence-electron chi connectivity index (χ4n) is 0.528. The molecule has 0 saturated carbocycles. The van der Waals surface area contributed by atoms with Gasteiger partial charge in [0.15, 0.2) is 0 Å². The lowest BCUT2D eigenvalue weighted by Crippen LogP contribution is -2.22. The Hall–Kier alpha value is 0.0400. The first-order chi connectivity index (χ1) is 6.20. The van der Waals surface area contributed by atoms with Crippen molar-refractivity contribution in [1.29, 1.82) is 0 Å². The summed E-state index contributed by atoms with van der Waals surface area (Å²) in [5.74, 6) is 0. The lowest BCUT2D eigenvalue weighted by molar-refractivity contribution is -0.196. The fourth-order valence-corrected chi connectivity index (χ4v) is 2.12. The van der Waals surface area contributed by atoms with Gasteiger partial charge < -0.3 is 24.0 Å². The van der Waals surface area contributed by atoms with Crippen LogP contribution in [0.2, 0.25) is 0 Å². The summed E-state index contributed by atoms with van der Waals surface area (Å²) in [7, 11) is -8.96. The minimum atomic E-state index is -4.57. The Bertz CT molecular complexity index is 307. The molecule has 0 spiro atoms. The van der Waals surface area contributed by atoms with Crippen LogP contribution < -0.4 is 14.9 Å². The predicted octanol–water partition coefficient (Wildman–Crippen LogP) is -0.749. The highest BCUT2D eigenvalue weighted by atomic mass is 32.1. The monoisotopic (exact) mass is 241 g/mol. The van der Waals surface area contributed by atoms with E-state index in [-0.39, 0.29) is 13.2 Å². The van der Waals surface area contributed by atoms with E-state index in [1.54, 1.807) is 6.92 Å². The third-order valence-corrected chi connectivity index (χ3v) is 6.30. The van der Waals surface area contributed by atoms with Crippen molar-refractivity contribution in [2.75, 3.05) is 19.8 Å².